The van der Waals surface area contributed by atoms with E-state index in [9.17, 15) is 14.4 Å². The Hall–Kier alpha value is -4.03. The summed E-state index contributed by atoms with van der Waals surface area (Å²) in [5, 5.41) is 19.8. The van der Waals surface area contributed by atoms with Gasteiger partial charge in [-0.25, -0.2) is 9.78 Å². The first-order valence-electron chi connectivity index (χ1n) is 16.4. The number of Topliss-reactive ketones (excluding diaryl/α,β-unsaturated/α-hetero) is 1. The molecule has 1 saturated heterocycles. The maximum absolute atomic E-state index is 14.0. The van der Waals surface area contributed by atoms with Crippen molar-refractivity contribution in [3.63, 3.8) is 0 Å². The van der Waals surface area contributed by atoms with E-state index in [1.807, 2.05) is 54.6 Å². The number of guanidine groups is 1. The van der Waals surface area contributed by atoms with Crippen LogP contribution in [0, 0.1) is 11.3 Å². The van der Waals surface area contributed by atoms with Crippen molar-refractivity contribution in [3.8, 4) is 0 Å². The number of rotatable bonds is 13. The van der Waals surface area contributed by atoms with Crippen LogP contribution in [0.4, 0.5) is 4.79 Å². The first-order valence-corrected chi connectivity index (χ1v) is 17.2. The molecule has 2 amide bonds. The van der Waals surface area contributed by atoms with Gasteiger partial charge in [0.2, 0.25) is 11.7 Å². The Morgan fingerprint density at radius 3 is 2.43 bits per heavy atom. The number of alkyl carbamates (subject to hydrolysis) is 1. The number of benzene rings is 2. The maximum Gasteiger partial charge on any atom is 0.408 e. The van der Waals surface area contributed by atoms with Crippen molar-refractivity contribution in [1.82, 2.24) is 26.3 Å². The number of aromatic nitrogens is 1. The highest BCUT2D eigenvalue weighted by molar-refractivity contribution is 7.20. The van der Waals surface area contributed by atoms with Gasteiger partial charge >= 0.3 is 6.09 Å². The van der Waals surface area contributed by atoms with E-state index in [1.54, 1.807) is 0 Å². The number of nitrogens with two attached hydrogens (primary N) is 1. The molecule has 1 saturated carbocycles. The Balaban J connectivity index is 1.34. The van der Waals surface area contributed by atoms with Crippen LogP contribution in [0.2, 0.25) is 0 Å². The third-order valence-electron chi connectivity index (χ3n) is 9.02. The Morgan fingerprint density at radius 1 is 1.00 bits per heavy atom. The van der Waals surface area contributed by atoms with Crippen molar-refractivity contribution in [2.24, 2.45) is 11.7 Å². The highest BCUT2D eigenvalue weighted by atomic mass is 32.1. The van der Waals surface area contributed by atoms with Crippen molar-refractivity contribution >= 4 is 45.3 Å². The first-order chi connectivity index (χ1) is 22.3. The van der Waals surface area contributed by atoms with Crippen LogP contribution < -0.4 is 27.0 Å². The Labute approximate surface area is 274 Å². The summed E-state index contributed by atoms with van der Waals surface area (Å²) in [5.41, 5.74) is 6.31. The molecule has 5 rings (SSSR count). The number of nitrogens with zero attached hydrogens (tertiary/aromatic N) is 1. The van der Waals surface area contributed by atoms with E-state index in [4.69, 9.17) is 15.9 Å². The van der Waals surface area contributed by atoms with Gasteiger partial charge in [0.25, 0.3) is 0 Å². The summed E-state index contributed by atoms with van der Waals surface area (Å²) in [6, 6.07) is 15.6. The van der Waals surface area contributed by atoms with Gasteiger partial charge in [-0.2, -0.15) is 0 Å². The van der Waals surface area contributed by atoms with Gasteiger partial charge in [-0.1, -0.05) is 74.6 Å². The van der Waals surface area contributed by atoms with Crippen LogP contribution in [0.15, 0.2) is 54.6 Å². The molecule has 246 valence electrons. The molecule has 0 radical (unpaired) electrons. The summed E-state index contributed by atoms with van der Waals surface area (Å²) >= 11 is 1.29. The molecular weight excluding hydrogens is 602 g/mol. The largest absolute Gasteiger partial charge is 0.438 e. The number of ether oxygens (including phenoxy) is 1. The predicted octanol–water partition coefficient (Wildman–Crippen LogP) is 4.57. The molecule has 0 bridgehead atoms. The van der Waals surface area contributed by atoms with E-state index in [0.717, 1.165) is 41.5 Å². The summed E-state index contributed by atoms with van der Waals surface area (Å²) in [6.07, 6.45) is 7.21. The van der Waals surface area contributed by atoms with Crippen LogP contribution in [0.25, 0.3) is 10.2 Å². The summed E-state index contributed by atoms with van der Waals surface area (Å²) < 4.78 is 7.09. The lowest BCUT2D eigenvalue weighted by Crippen LogP contribution is -2.54. The molecule has 1 aromatic heterocycles. The summed E-state index contributed by atoms with van der Waals surface area (Å²) in [7, 11) is 0. The van der Waals surface area contributed by atoms with Crippen molar-refractivity contribution in [3.05, 3.63) is 65.2 Å². The van der Waals surface area contributed by atoms with Crippen molar-refractivity contribution < 1.29 is 19.1 Å². The lowest BCUT2D eigenvalue weighted by atomic mass is 9.84. The number of piperidine rings is 1. The van der Waals surface area contributed by atoms with Crippen LogP contribution >= 0.6 is 11.3 Å². The average molecular weight is 648 g/mol. The molecular formula is C34H45N7O4S. The smallest absolute Gasteiger partial charge is 0.408 e. The van der Waals surface area contributed by atoms with Gasteiger partial charge in [0, 0.05) is 19.4 Å². The molecule has 3 aromatic rings. The number of fused-ring (bicyclic) bond motifs is 1. The minimum atomic E-state index is -0.869. The highest BCUT2D eigenvalue weighted by Gasteiger charge is 2.39. The third-order valence-corrected chi connectivity index (χ3v) is 10.1. The molecule has 12 heteroatoms. The number of hydrogen-bond donors (Lipinski definition) is 6. The Morgan fingerprint density at radius 2 is 1.72 bits per heavy atom. The highest BCUT2D eigenvalue weighted by Crippen LogP contribution is 2.35. The standard InChI is InChI=1S/C34H45N7O4S/c35-32(36)38-19-9-15-26(29(42)31-40-25-14-7-8-16-28(25)46-31)39-30(43)27(22-23-10-3-1-4-11-23)41-33(44)45-34(17-20-37-21-18-34)24-12-5-2-6-13-24/h2,5-8,12-14,16,23,26-27,37H,1,3-4,9-11,15,17-22H2,(H,39,43)(H,41,44)(H4,35,36,38)/t26-,27-/m0/s1. The molecule has 1 aliphatic carbocycles. The van der Waals surface area contributed by atoms with Gasteiger partial charge in [0.15, 0.2) is 11.0 Å². The first kappa shape index (κ1) is 33.3. The molecule has 2 aliphatic rings. The lowest BCUT2D eigenvalue weighted by Gasteiger charge is -2.38. The number of para-hydroxylation sites is 1. The molecule has 0 spiro atoms. The fourth-order valence-electron chi connectivity index (χ4n) is 6.56. The number of amides is 2. The molecule has 2 fully saturated rings. The molecule has 46 heavy (non-hydrogen) atoms. The zero-order valence-corrected chi connectivity index (χ0v) is 27.0. The summed E-state index contributed by atoms with van der Waals surface area (Å²) in [6.45, 7) is 1.80. The van der Waals surface area contributed by atoms with Gasteiger partial charge in [0.05, 0.1) is 16.3 Å². The number of nitrogens with one attached hydrogen (secondary N) is 5. The van der Waals surface area contributed by atoms with Crippen LogP contribution in [0.1, 0.15) is 79.6 Å². The van der Waals surface area contributed by atoms with Gasteiger partial charge in [-0.05, 0) is 56.0 Å². The van der Waals surface area contributed by atoms with Gasteiger partial charge < -0.3 is 31.7 Å². The minimum Gasteiger partial charge on any atom is -0.438 e. The van der Waals surface area contributed by atoms with Crippen molar-refractivity contribution in [2.45, 2.75) is 81.9 Å². The Bertz CT molecular complexity index is 1450. The number of carbonyl (C=O) groups excluding carboxylic acids is 3. The number of hydrogen-bond acceptors (Lipinski definition) is 8. The van der Waals surface area contributed by atoms with Crippen LogP contribution in [-0.2, 0) is 15.1 Å². The minimum absolute atomic E-state index is 0.157. The summed E-state index contributed by atoms with van der Waals surface area (Å²) in [4.78, 5) is 46.0. The molecule has 7 N–H and O–H groups in total. The fourth-order valence-corrected chi connectivity index (χ4v) is 7.52. The van der Waals surface area contributed by atoms with Gasteiger partial charge in [-0.3, -0.25) is 15.0 Å². The number of ketones is 1. The zero-order valence-electron chi connectivity index (χ0n) is 26.2. The second-order valence-electron chi connectivity index (χ2n) is 12.3. The van der Waals surface area contributed by atoms with E-state index in [2.05, 4.69) is 26.3 Å². The van der Waals surface area contributed by atoms with Crippen LogP contribution in [0.5, 0.6) is 0 Å². The normalized spacial score (nSPS) is 17.8. The van der Waals surface area contributed by atoms with E-state index in [0.29, 0.717) is 56.7 Å². The SMILES string of the molecule is N=C(N)NCCC[C@H](NC(=O)[C@H](CC1CCCCC1)NC(=O)OC1(c2ccccc2)CCNCC1)C(=O)c1nc2ccccc2s1. The third kappa shape index (κ3) is 8.82. The molecule has 2 aromatic carbocycles. The molecule has 1 aliphatic heterocycles. The predicted molar refractivity (Wildman–Crippen MR) is 180 cm³/mol. The lowest BCUT2D eigenvalue weighted by molar-refractivity contribution is -0.124. The van der Waals surface area contributed by atoms with Crippen LogP contribution in [-0.4, -0.2) is 60.4 Å². The maximum atomic E-state index is 14.0. The van der Waals surface area contributed by atoms with E-state index in [1.165, 1.54) is 17.8 Å². The quantitative estimate of drug-likeness (QED) is 0.0678. The number of carbonyl (C=O) groups is 3. The Kier molecular flexibility index (Phi) is 11.6. The molecule has 0 unspecified atom stereocenters. The van der Waals surface area contributed by atoms with E-state index in [-0.39, 0.29) is 17.7 Å². The summed E-state index contributed by atoms with van der Waals surface area (Å²) in [5.74, 6) is -0.574. The average Bonchev–Trinajstić information content (AvgIpc) is 3.51. The second-order valence-corrected chi connectivity index (χ2v) is 13.4. The van der Waals surface area contributed by atoms with Gasteiger partial charge in [-0.15, -0.1) is 11.3 Å². The topological polar surface area (TPSA) is 171 Å². The second kappa shape index (κ2) is 16.0. The van der Waals surface area contributed by atoms with Crippen molar-refractivity contribution in [1.29, 1.82) is 5.41 Å². The zero-order chi connectivity index (χ0) is 32.4. The van der Waals surface area contributed by atoms with Crippen LogP contribution in [0.3, 0.4) is 0 Å². The van der Waals surface area contributed by atoms with Gasteiger partial charge in [0.1, 0.15) is 11.6 Å². The molecule has 2 atom stereocenters. The van der Waals surface area contributed by atoms with E-state index < -0.39 is 29.7 Å². The monoisotopic (exact) mass is 647 g/mol. The molecule has 11 nitrogen and oxygen atoms in total. The van der Waals surface area contributed by atoms with Crippen molar-refractivity contribution in [2.75, 3.05) is 19.6 Å². The number of thiazole rings is 1. The molecule has 2 heterocycles. The fraction of sp³-hybridized carbons (Fsp3) is 0.500. The van der Waals surface area contributed by atoms with E-state index >= 15 is 0 Å².